The van der Waals surface area contributed by atoms with Gasteiger partial charge in [0.1, 0.15) is 5.69 Å². The molecule has 0 aromatic heterocycles. The summed E-state index contributed by atoms with van der Waals surface area (Å²) in [7, 11) is 1.60. The molecule has 0 aliphatic heterocycles. The van der Waals surface area contributed by atoms with Crippen LogP contribution < -0.4 is 5.32 Å². The Bertz CT molecular complexity index is 485. The highest BCUT2D eigenvalue weighted by Gasteiger charge is 2.13. The van der Waals surface area contributed by atoms with Gasteiger partial charge in [0.25, 0.3) is 5.69 Å². The molecule has 0 heterocycles. The zero-order valence-electron chi connectivity index (χ0n) is 11.3. The average molecular weight is 279 g/mol. The molecule has 0 aliphatic carbocycles. The Kier molecular flexibility index (Phi) is 7.03. The number of nitrogens with zero attached hydrogens (tertiary/aromatic N) is 2. The largest absolute Gasteiger partial charge is 0.382 e. The van der Waals surface area contributed by atoms with Gasteiger partial charge >= 0.3 is 0 Å². The van der Waals surface area contributed by atoms with Crippen LogP contribution in [0.25, 0.3) is 0 Å². The molecule has 1 rings (SSSR count). The number of benzene rings is 1. The second-order valence-electron chi connectivity index (χ2n) is 3.99. The lowest BCUT2D eigenvalue weighted by Gasteiger charge is -2.08. The fourth-order valence-electron chi connectivity index (χ4n) is 1.55. The third kappa shape index (κ3) is 5.22. The molecule has 7 heteroatoms. The number of anilines is 1. The Morgan fingerprint density at radius 1 is 1.40 bits per heavy atom. The molecule has 0 aliphatic rings. The maximum Gasteiger partial charge on any atom is 0.292 e. The van der Waals surface area contributed by atoms with Crippen LogP contribution in [0.1, 0.15) is 12.0 Å². The third-order valence-electron chi connectivity index (χ3n) is 2.54. The molecule has 0 fully saturated rings. The topological polar surface area (TPSA) is 97.4 Å². The Morgan fingerprint density at radius 2 is 2.20 bits per heavy atom. The highest BCUT2D eigenvalue weighted by atomic mass is 16.6. The summed E-state index contributed by atoms with van der Waals surface area (Å²) >= 11 is 0. The summed E-state index contributed by atoms with van der Waals surface area (Å²) < 4.78 is 10.1. The van der Waals surface area contributed by atoms with Crippen LogP contribution in [-0.2, 0) is 9.47 Å². The van der Waals surface area contributed by atoms with E-state index in [4.69, 9.17) is 14.7 Å². The predicted molar refractivity (Wildman–Crippen MR) is 73.6 cm³/mol. The molecule has 0 spiro atoms. The van der Waals surface area contributed by atoms with E-state index in [1.54, 1.807) is 7.11 Å². The number of hydrogen-bond donors (Lipinski definition) is 1. The molecular weight excluding hydrogens is 262 g/mol. The van der Waals surface area contributed by atoms with Crippen molar-refractivity contribution in [3.63, 3.8) is 0 Å². The van der Waals surface area contributed by atoms with Crippen LogP contribution in [-0.4, -0.2) is 38.4 Å². The molecule has 0 atom stereocenters. The summed E-state index contributed by atoms with van der Waals surface area (Å²) in [6.07, 6.45) is 0.706. The van der Waals surface area contributed by atoms with E-state index in [2.05, 4.69) is 5.32 Å². The van der Waals surface area contributed by atoms with Crippen LogP contribution in [0, 0.1) is 21.4 Å². The van der Waals surface area contributed by atoms with Gasteiger partial charge in [0, 0.05) is 26.3 Å². The fourth-order valence-corrected chi connectivity index (χ4v) is 1.55. The maximum atomic E-state index is 10.9. The Morgan fingerprint density at radius 3 is 2.85 bits per heavy atom. The fraction of sp³-hybridized carbons (Fsp3) is 0.462. The summed E-state index contributed by atoms with van der Waals surface area (Å²) in [5.41, 5.74) is 0.699. The second-order valence-corrected chi connectivity index (χ2v) is 3.99. The number of nitrogens with one attached hydrogen (secondary N) is 1. The van der Waals surface area contributed by atoms with Crippen molar-refractivity contribution in [2.24, 2.45) is 0 Å². The number of ether oxygens (including phenoxy) is 2. The lowest BCUT2D eigenvalue weighted by molar-refractivity contribution is -0.384. The minimum atomic E-state index is -0.474. The molecule has 1 aromatic rings. The van der Waals surface area contributed by atoms with E-state index < -0.39 is 4.92 Å². The summed E-state index contributed by atoms with van der Waals surface area (Å²) in [6, 6.07) is 6.19. The van der Waals surface area contributed by atoms with E-state index in [-0.39, 0.29) is 5.69 Å². The third-order valence-corrected chi connectivity index (χ3v) is 2.54. The van der Waals surface area contributed by atoms with Gasteiger partial charge < -0.3 is 14.8 Å². The molecule has 1 N–H and O–H groups in total. The molecule has 0 saturated heterocycles. The second kappa shape index (κ2) is 8.85. The highest BCUT2D eigenvalue weighted by Crippen LogP contribution is 2.25. The van der Waals surface area contributed by atoms with Gasteiger partial charge in [-0.3, -0.25) is 10.1 Å². The first-order valence-electron chi connectivity index (χ1n) is 6.18. The van der Waals surface area contributed by atoms with Gasteiger partial charge in [0.2, 0.25) is 0 Å². The van der Waals surface area contributed by atoms with E-state index in [1.807, 2.05) is 6.07 Å². The van der Waals surface area contributed by atoms with Crippen LogP contribution in [0.5, 0.6) is 0 Å². The smallest absolute Gasteiger partial charge is 0.292 e. The lowest BCUT2D eigenvalue weighted by atomic mass is 10.2. The van der Waals surface area contributed by atoms with Gasteiger partial charge in [0.15, 0.2) is 0 Å². The summed E-state index contributed by atoms with van der Waals surface area (Å²) in [4.78, 5) is 10.4. The molecule has 20 heavy (non-hydrogen) atoms. The van der Waals surface area contributed by atoms with Crippen LogP contribution >= 0.6 is 0 Å². The summed E-state index contributed by atoms with van der Waals surface area (Å²) in [5.74, 6) is 0. The molecule has 1 aromatic carbocycles. The van der Waals surface area contributed by atoms with E-state index in [0.29, 0.717) is 44.0 Å². The normalized spacial score (nSPS) is 10.0. The van der Waals surface area contributed by atoms with Crippen molar-refractivity contribution >= 4 is 11.4 Å². The SMILES string of the molecule is COCCOCCCNc1cc(C#N)ccc1[N+](=O)[O-]. The van der Waals surface area contributed by atoms with Crippen molar-refractivity contribution in [3.05, 3.63) is 33.9 Å². The van der Waals surface area contributed by atoms with Crippen molar-refractivity contribution < 1.29 is 14.4 Å². The van der Waals surface area contributed by atoms with E-state index in [9.17, 15) is 10.1 Å². The Labute approximate surface area is 117 Å². The predicted octanol–water partition coefficient (Wildman–Crippen LogP) is 1.93. The van der Waals surface area contributed by atoms with Gasteiger partial charge in [-0.1, -0.05) is 0 Å². The molecule has 0 bridgehead atoms. The summed E-state index contributed by atoms with van der Waals surface area (Å²) in [6.45, 7) is 2.15. The Balaban J connectivity index is 2.46. The first kappa shape index (κ1) is 15.9. The van der Waals surface area contributed by atoms with E-state index >= 15 is 0 Å². The molecule has 108 valence electrons. The van der Waals surface area contributed by atoms with Crippen molar-refractivity contribution in [2.45, 2.75) is 6.42 Å². The number of methoxy groups -OCH3 is 1. The number of nitro benzene ring substituents is 1. The zero-order valence-corrected chi connectivity index (χ0v) is 11.3. The zero-order chi connectivity index (χ0) is 14.8. The molecular formula is C13H17N3O4. The standard InChI is InChI=1S/C13H17N3O4/c1-19-7-8-20-6-2-5-15-12-9-11(10-14)3-4-13(12)16(17)18/h3-4,9,15H,2,5-8H2,1H3. The molecule has 7 nitrogen and oxygen atoms in total. The maximum absolute atomic E-state index is 10.9. The minimum Gasteiger partial charge on any atom is -0.382 e. The van der Waals surface area contributed by atoms with Gasteiger partial charge in [-0.2, -0.15) is 5.26 Å². The van der Waals surface area contributed by atoms with Gasteiger partial charge in [-0.05, 0) is 18.6 Å². The minimum absolute atomic E-state index is 0.0377. The quantitative estimate of drug-likeness (QED) is 0.421. The van der Waals surface area contributed by atoms with Crippen LogP contribution in [0.3, 0.4) is 0 Å². The van der Waals surface area contributed by atoms with Crippen molar-refractivity contribution in [3.8, 4) is 6.07 Å². The molecule has 0 unspecified atom stereocenters. The van der Waals surface area contributed by atoms with E-state index in [0.717, 1.165) is 0 Å². The average Bonchev–Trinajstić information content (AvgIpc) is 2.45. The van der Waals surface area contributed by atoms with Crippen LogP contribution in [0.4, 0.5) is 11.4 Å². The van der Waals surface area contributed by atoms with Crippen molar-refractivity contribution in [1.82, 2.24) is 0 Å². The lowest BCUT2D eigenvalue weighted by Crippen LogP contribution is -2.09. The number of nitro groups is 1. The number of rotatable bonds is 9. The first-order chi connectivity index (χ1) is 9.69. The van der Waals surface area contributed by atoms with Gasteiger partial charge in [0.05, 0.1) is 29.8 Å². The first-order valence-corrected chi connectivity index (χ1v) is 6.18. The van der Waals surface area contributed by atoms with Crippen molar-refractivity contribution in [1.29, 1.82) is 5.26 Å². The number of nitriles is 1. The molecule has 0 amide bonds. The highest BCUT2D eigenvalue weighted by molar-refractivity contribution is 5.64. The van der Waals surface area contributed by atoms with Crippen LogP contribution in [0.2, 0.25) is 0 Å². The Hall–Kier alpha value is -2.17. The van der Waals surface area contributed by atoms with Crippen LogP contribution in [0.15, 0.2) is 18.2 Å². The van der Waals surface area contributed by atoms with Gasteiger partial charge in [-0.15, -0.1) is 0 Å². The number of hydrogen-bond acceptors (Lipinski definition) is 6. The monoisotopic (exact) mass is 279 g/mol. The van der Waals surface area contributed by atoms with Gasteiger partial charge in [-0.25, -0.2) is 0 Å². The van der Waals surface area contributed by atoms with E-state index in [1.165, 1.54) is 18.2 Å². The summed E-state index contributed by atoms with van der Waals surface area (Å²) in [5, 5.41) is 22.6. The van der Waals surface area contributed by atoms with Crippen molar-refractivity contribution in [2.75, 3.05) is 38.8 Å². The molecule has 0 radical (unpaired) electrons. The molecule has 0 saturated carbocycles.